The highest BCUT2D eigenvalue weighted by Crippen LogP contribution is 2.29. The number of benzene rings is 1. The van der Waals surface area contributed by atoms with Gasteiger partial charge in [0.1, 0.15) is 5.75 Å². The molecule has 0 aliphatic heterocycles. The Kier molecular flexibility index (Phi) is 3.80. The largest absolute Gasteiger partial charge is 0.413 e. The number of nitrogens with one attached hydrogen (secondary N) is 1. The molecule has 0 bridgehead atoms. The highest BCUT2D eigenvalue weighted by atomic mass is 16.6. The van der Waals surface area contributed by atoms with E-state index >= 15 is 0 Å². The van der Waals surface area contributed by atoms with Crippen molar-refractivity contribution in [3.63, 3.8) is 0 Å². The van der Waals surface area contributed by atoms with Crippen molar-refractivity contribution in [2.24, 2.45) is 5.92 Å². The fourth-order valence-corrected chi connectivity index (χ4v) is 2.32. The first-order valence-electron chi connectivity index (χ1n) is 6.60. The number of ether oxygens (including phenoxy) is 1. The molecule has 1 aromatic rings. The van der Waals surface area contributed by atoms with Gasteiger partial charge in [0, 0.05) is 12.1 Å². The van der Waals surface area contributed by atoms with Gasteiger partial charge in [-0.25, -0.2) is 4.79 Å². The summed E-state index contributed by atoms with van der Waals surface area (Å²) < 4.78 is 5.27. The number of hydrogen-bond donors (Lipinski definition) is 2. The average molecular weight is 263 g/mol. The van der Waals surface area contributed by atoms with E-state index in [1.807, 2.05) is 32.9 Å². The normalized spacial score (nSPS) is 18.0. The minimum Gasteiger partial charge on any atom is -0.410 e. The lowest BCUT2D eigenvalue weighted by molar-refractivity contribution is 0.190. The van der Waals surface area contributed by atoms with E-state index in [1.165, 1.54) is 11.1 Å². The van der Waals surface area contributed by atoms with Crippen molar-refractivity contribution in [2.75, 3.05) is 6.61 Å². The van der Waals surface area contributed by atoms with Crippen LogP contribution >= 0.6 is 0 Å². The van der Waals surface area contributed by atoms with Crippen LogP contribution in [0.25, 0.3) is 0 Å². The molecule has 4 heteroatoms. The first-order valence-corrected chi connectivity index (χ1v) is 6.60. The van der Waals surface area contributed by atoms with Gasteiger partial charge in [0.05, 0.1) is 0 Å². The van der Waals surface area contributed by atoms with Crippen LogP contribution in [-0.4, -0.2) is 23.3 Å². The monoisotopic (exact) mass is 263 g/mol. The van der Waals surface area contributed by atoms with Crippen molar-refractivity contribution in [2.45, 2.75) is 39.2 Å². The Labute approximate surface area is 113 Å². The first kappa shape index (κ1) is 13.9. The minimum absolute atomic E-state index is 0.204. The van der Waals surface area contributed by atoms with E-state index in [9.17, 15) is 9.90 Å². The van der Waals surface area contributed by atoms with Gasteiger partial charge in [-0.1, -0.05) is 6.07 Å². The molecule has 1 unspecified atom stereocenters. The Balaban J connectivity index is 2.02. The molecule has 1 aromatic carbocycles. The maximum Gasteiger partial charge on any atom is 0.413 e. The van der Waals surface area contributed by atoms with Gasteiger partial charge in [0.15, 0.2) is 0 Å². The summed E-state index contributed by atoms with van der Waals surface area (Å²) in [5.74, 6) is 0.854. The minimum atomic E-state index is -0.441. The van der Waals surface area contributed by atoms with Crippen LogP contribution in [0.4, 0.5) is 4.79 Å². The second kappa shape index (κ2) is 5.21. The topological polar surface area (TPSA) is 58.6 Å². The fraction of sp³-hybridized carbons (Fsp3) is 0.533. The number of aliphatic hydroxyl groups excluding tert-OH is 1. The third-order valence-electron chi connectivity index (χ3n) is 3.14. The molecule has 1 aliphatic rings. The molecule has 0 saturated heterocycles. The lowest BCUT2D eigenvalue weighted by Crippen LogP contribution is -2.42. The molecule has 1 aliphatic carbocycles. The molecular weight excluding hydrogens is 242 g/mol. The van der Waals surface area contributed by atoms with Gasteiger partial charge in [0.25, 0.3) is 0 Å². The average Bonchev–Trinajstić information content (AvgIpc) is 2.68. The third-order valence-corrected chi connectivity index (χ3v) is 3.14. The lowest BCUT2D eigenvalue weighted by atomic mass is 10.1. The summed E-state index contributed by atoms with van der Waals surface area (Å²) in [5.41, 5.74) is 2.10. The molecule has 0 spiro atoms. The zero-order valence-electron chi connectivity index (χ0n) is 11.7. The Morgan fingerprint density at radius 3 is 2.68 bits per heavy atom. The molecule has 1 atom stereocenters. The van der Waals surface area contributed by atoms with E-state index < -0.39 is 6.09 Å². The first-order chi connectivity index (χ1) is 8.87. The molecule has 0 aromatic heterocycles. The summed E-state index contributed by atoms with van der Waals surface area (Å²) in [7, 11) is 0. The quantitative estimate of drug-likeness (QED) is 0.860. The second-order valence-corrected chi connectivity index (χ2v) is 6.15. The van der Waals surface area contributed by atoms with E-state index in [0.717, 1.165) is 12.8 Å². The Morgan fingerprint density at radius 1 is 1.37 bits per heavy atom. The molecule has 2 N–H and O–H groups in total. The molecular formula is C15H21NO3. The lowest BCUT2D eigenvalue weighted by Gasteiger charge is -2.19. The second-order valence-electron chi connectivity index (χ2n) is 6.15. The molecule has 1 amide bonds. The summed E-state index contributed by atoms with van der Waals surface area (Å²) >= 11 is 0. The van der Waals surface area contributed by atoms with Crippen LogP contribution < -0.4 is 10.1 Å². The van der Waals surface area contributed by atoms with Crippen molar-refractivity contribution >= 4 is 6.09 Å². The van der Waals surface area contributed by atoms with Crippen LogP contribution in [0.15, 0.2) is 18.2 Å². The highest BCUT2D eigenvalue weighted by molar-refractivity contribution is 5.71. The van der Waals surface area contributed by atoms with Gasteiger partial charge < -0.3 is 15.2 Å². The van der Waals surface area contributed by atoms with Crippen molar-refractivity contribution in [3.8, 4) is 5.75 Å². The van der Waals surface area contributed by atoms with Crippen LogP contribution in [-0.2, 0) is 12.8 Å². The fourth-order valence-electron chi connectivity index (χ4n) is 2.32. The maximum absolute atomic E-state index is 11.7. The summed E-state index contributed by atoms with van der Waals surface area (Å²) in [5, 5.41) is 11.9. The van der Waals surface area contributed by atoms with Crippen LogP contribution in [0.3, 0.4) is 0 Å². The van der Waals surface area contributed by atoms with Crippen molar-refractivity contribution in [1.29, 1.82) is 0 Å². The number of amides is 1. The molecule has 0 heterocycles. The zero-order chi connectivity index (χ0) is 14.0. The third kappa shape index (κ3) is 3.70. The Bertz CT molecular complexity index is 477. The van der Waals surface area contributed by atoms with E-state index in [0.29, 0.717) is 11.7 Å². The molecule has 104 valence electrons. The molecule has 19 heavy (non-hydrogen) atoms. The molecule has 4 nitrogen and oxygen atoms in total. The Hall–Kier alpha value is -1.55. The maximum atomic E-state index is 11.7. The zero-order valence-corrected chi connectivity index (χ0v) is 11.7. The van der Waals surface area contributed by atoms with Crippen molar-refractivity contribution in [3.05, 3.63) is 29.3 Å². The van der Waals surface area contributed by atoms with Crippen LogP contribution in [0.1, 0.15) is 31.9 Å². The van der Waals surface area contributed by atoms with Gasteiger partial charge in [-0.2, -0.15) is 0 Å². The number of aliphatic hydroxyl groups is 1. The van der Waals surface area contributed by atoms with E-state index in [2.05, 4.69) is 5.32 Å². The van der Waals surface area contributed by atoms with Crippen LogP contribution in [0.2, 0.25) is 0 Å². The summed E-state index contributed by atoms with van der Waals surface area (Å²) in [6, 6.07) is 5.68. The highest BCUT2D eigenvalue weighted by Gasteiger charge is 2.22. The number of carbonyl (C=O) groups is 1. The van der Waals surface area contributed by atoms with Gasteiger partial charge in [-0.15, -0.1) is 0 Å². The SMILES string of the molecule is CC(C)(C)NC(=O)Oc1ccc2c(c1)CC(CO)C2. The molecule has 0 fully saturated rings. The van der Waals surface area contributed by atoms with Crippen LogP contribution in [0.5, 0.6) is 5.75 Å². The summed E-state index contributed by atoms with van der Waals surface area (Å²) in [6.45, 7) is 5.92. The van der Waals surface area contributed by atoms with Gasteiger partial charge in [0.2, 0.25) is 0 Å². The van der Waals surface area contributed by atoms with Gasteiger partial charge in [-0.3, -0.25) is 0 Å². The van der Waals surface area contributed by atoms with E-state index in [1.54, 1.807) is 6.07 Å². The number of hydrogen-bond acceptors (Lipinski definition) is 3. The van der Waals surface area contributed by atoms with Crippen LogP contribution in [0, 0.1) is 5.92 Å². The van der Waals surface area contributed by atoms with Crippen molar-refractivity contribution < 1.29 is 14.6 Å². The molecule has 2 rings (SSSR count). The molecule has 0 radical (unpaired) electrons. The van der Waals surface area contributed by atoms with Gasteiger partial charge in [-0.05, 0) is 62.8 Å². The predicted molar refractivity (Wildman–Crippen MR) is 73.3 cm³/mol. The smallest absolute Gasteiger partial charge is 0.410 e. The van der Waals surface area contributed by atoms with E-state index in [-0.39, 0.29) is 12.1 Å². The van der Waals surface area contributed by atoms with Gasteiger partial charge >= 0.3 is 6.09 Å². The standard InChI is InChI=1S/C15H21NO3/c1-15(2,3)16-14(18)19-13-5-4-11-6-10(9-17)7-12(11)8-13/h4-5,8,10,17H,6-7,9H2,1-3H3,(H,16,18). The molecule has 0 saturated carbocycles. The summed E-state index contributed by atoms with van der Waals surface area (Å²) in [4.78, 5) is 11.7. The number of carbonyl (C=O) groups excluding carboxylic acids is 1. The predicted octanol–water partition coefficient (Wildman–Crippen LogP) is 2.28. The number of fused-ring (bicyclic) bond motifs is 1. The number of rotatable bonds is 2. The van der Waals surface area contributed by atoms with Crippen molar-refractivity contribution in [1.82, 2.24) is 5.32 Å². The Morgan fingerprint density at radius 2 is 2.05 bits per heavy atom. The van der Waals surface area contributed by atoms with E-state index in [4.69, 9.17) is 4.74 Å². The summed E-state index contributed by atoms with van der Waals surface area (Å²) in [6.07, 6.45) is 1.31.